The van der Waals surface area contributed by atoms with Gasteiger partial charge in [-0.05, 0) is 32.0 Å². The zero-order valence-electron chi connectivity index (χ0n) is 14.7. The van der Waals surface area contributed by atoms with Gasteiger partial charge in [0.2, 0.25) is 5.91 Å². The summed E-state index contributed by atoms with van der Waals surface area (Å²) in [5.74, 6) is 0.362. The number of carbonyl (C=O) groups is 2. The lowest BCUT2D eigenvalue weighted by atomic mass is 10.1. The van der Waals surface area contributed by atoms with Gasteiger partial charge in [0.1, 0.15) is 17.3 Å². The molecule has 0 aliphatic carbocycles. The highest BCUT2D eigenvalue weighted by atomic mass is 19.1. The summed E-state index contributed by atoms with van der Waals surface area (Å²) in [6.07, 6.45) is 0.173. The Labute approximate surface area is 150 Å². The minimum atomic E-state index is -0.380. The second-order valence-electron chi connectivity index (χ2n) is 6.19. The van der Waals surface area contributed by atoms with Crippen LogP contribution < -0.4 is 10.1 Å². The van der Waals surface area contributed by atoms with E-state index in [1.807, 2.05) is 0 Å². The van der Waals surface area contributed by atoms with E-state index in [0.29, 0.717) is 35.9 Å². The first-order valence-electron chi connectivity index (χ1n) is 8.31. The maximum absolute atomic E-state index is 13.4. The van der Waals surface area contributed by atoms with Gasteiger partial charge in [0, 0.05) is 30.8 Å². The van der Waals surface area contributed by atoms with Crippen molar-refractivity contribution in [1.29, 1.82) is 0 Å². The van der Waals surface area contributed by atoms with Crippen LogP contribution >= 0.6 is 0 Å². The van der Waals surface area contributed by atoms with Gasteiger partial charge < -0.3 is 19.5 Å². The number of hydrogen-bond acceptors (Lipinski definition) is 5. The third kappa shape index (κ3) is 4.01. The molecular weight excluding hydrogens is 341 g/mol. The monoisotopic (exact) mass is 361 g/mol. The zero-order chi connectivity index (χ0) is 18.7. The third-order valence-corrected chi connectivity index (χ3v) is 4.31. The van der Waals surface area contributed by atoms with Gasteiger partial charge in [0.15, 0.2) is 6.61 Å². The largest absolute Gasteiger partial charge is 0.483 e. The van der Waals surface area contributed by atoms with Crippen molar-refractivity contribution in [3.63, 3.8) is 0 Å². The van der Waals surface area contributed by atoms with Crippen LogP contribution in [0.15, 0.2) is 22.7 Å². The molecule has 0 saturated heterocycles. The Balaban J connectivity index is 1.55. The summed E-state index contributed by atoms with van der Waals surface area (Å²) in [5.41, 5.74) is 2.07. The molecule has 8 heteroatoms. The van der Waals surface area contributed by atoms with Crippen LogP contribution in [0, 0.1) is 19.7 Å². The Kier molecular flexibility index (Phi) is 5.20. The van der Waals surface area contributed by atoms with Crippen LogP contribution in [0.2, 0.25) is 0 Å². The molecule has 2 aromatic rings. The van der Waals surface area contributed by atoms with Gasteiger partial charge in [-0.1, -0.05) is 5.16 Å². The number of fused-ring (bicyclic) bond motifs is 1. The van der Waals surface area contributed by atoms with Crippen LogP contribution in [0.3, 0.4) is 0 Å². The maximum Gasteiger partial charge on any atom is 0.260 e. The summed E-state index contributed by atoms with van der Waals surface area (Å²) in [6.45, 7) is 4.28. The standard InChI is InChI=1S/C18H20FN3O4/c1-11-15(12(2)26-21-11)8-17(23)20-5-6-22-9-13-7-14(19)3-4-16(13)25-10-18(22)24/h3-4,7H,5-6,8-10H2,1-2H3,(H,20,23). The molecule has 1 aromatic carbocycles. The summed E-state index contributed by atoms with van der Waals surface area (Å²) in [7, 11) is 0. The van der Waals surface area contributed by atoms with Crippen LogP contribution in [0.25, 0.3) is 0 Å². The van der Waals surface area contributed by atoms with Crippen molar-refractivity contribution in [3.05, 3.63) is 46.6 Å². The van der Waals surface area contributed by atoms with E-state index in [2.05, 4.69) is 10.5 Å². The highest BCUT2D eigenvalue weighted by Crippen LogP contribution is 2.24. The summed E-state index contributed by atoms with van der Waals surface area (Å²) in [5, 5.41) is 6.60. The van der Waals surface area contributed by atoms with Gasteiger partial charge in [-0.3, -0.25) is 9.59 Å². The lowest BCUT2D eigenvalue weighted by Crippen LogP contribution is -2.39. The highest BCUT2D eigenvalue weighted by Gasteiger charge is 2.22. The van der Waals surface area contributed by atoms with Gasteiger partial charge in [-0.2, -0.15) is 0 Å². The van der Waals surface area contributed by atoms with Crippen molar-refractivity contribution in [2.45, 2.75) is 26.8 Å². The first-order chi connectivity index (χ1) is 12.4. The maximum atomic E-state index is 13.4. The van der Waals surface area contributed by atoms with Gasteiger partial charge in [0.05, 0.1) is 12.1 Å². The minimum absolute atomic E-state index is 0.105. The molecule has 3 rings (SSSR count). The molecule has 0 unspecified atom stereocenters. The third-order valence-electron chi connectivity index (χ3n) is 4.31. The Morgan fingerprint density at radius 1 is 1.38 bits per heavy atom. The number of benzene rings is 1. The summed E-state index contributed by atoms with van der Waals surface area (Å²) in [4.78, 5) is 25.8. The van der Waals surface area contributed by atoms with Crippen LogP contribution in [0.5, 0.6) is 5.75 Å². The van der Waals surface area contributed by atoms with Crippen molar-refractivity contribution in [2.75, 3.05) is 19.7 Å². The lowest BCUT2D eigenvalue weighted by molar-refractivity contribution is -0.133. The molecule has 1 aliphatic heterocycles. The lowest BCUT2D eigenvalue weighted by Gasteiger charge is -2.20. The first kappa shape index (κ1) is 17.9. The van der Waals surface area contributed by atoms with Gasteiger partial charge in [-0.25, -0.2) is 4.39 Å². The number of carbonyl (C=O) groups excluding carboxylic acids is 2. The molecule has 2 amide bonds. The molecule has 7 nitrogen and oxygen atoms in total. The Morgan fingerprint density at radius 2 is 2.19 bits per heavy atom. The molecule has 1 aromatic heterocycles. The Bertz CT molecular complexity index is 814. The van der Waals surface area contributed by atoms with Gasteiger partial charge in [0.25, 0.3) is 5.91 Å². The van der Waals surface area contributed by atoms with E-state index in [9.17, 15) is 14.0 Å². The molecule has 138 valence electrons. The number of halogens is 1. The van der Waals surface area contributed by atoms with Gasteiger partial charge >= 0.3 is 0 Å². The highest BCUT2D eigenvalue weighted by molar-refractivity contribution is 5.80. The Hall–Kier alpha value is -2.90. The van der Waals surface area contributed by atoms with E-state index in [4.69, 9.17) is 9.26 Å². The van der Waals surface area contributed by atoms with E-state index in [-0.39, 0.29) is 37.2 Å². The van der Waals surface area contributed by atoms with E-state index in [1.54, 1.807) is 18.7 Å². The van der Waals surface area contributed by atoms with E-state index in [0.717, 1.165) is 5.56 Å². The van der Waals surface area contributed by atoms with E-state index in [1.165, 1.54) is 18.2 Å². The topological polar surface area (TPSA) is 84.7 Å². The van der Waals surface area contributed by atoms with Crippen molar-refractivity contribution in [3.8, 4) is 5.75 Å². The molecule has 0 bridgehead atoms. The molecule has 26 heavy (non-hydrogen) atoms. The minimum Gasteiger partial charge on any atom is -0.483 e. The number of aryl methyl sites for hydroxylation is 2. The quantitative estimate of drug-likeness (QED) is 0.873. The number of hydrogen-bond donors (Lipinski definition) is 1. The SMILES string of the molecule is Cc1noc(C)c1CC(=O)NCCN1Cc2cc(F)ccc2OCC1=O. The first-order valence-corrected chi connectivity index (χ1v) is 8.31. The molecule has 2 heterocycles. The fourth-order valence-corrected chi connectivity index (χ4v) is 2.85. The molecular formula is C18H20FN3O4. The summed E-state index contributed by atoms with van der Waals surface area (Å²) < 4.78 is 23.9. The molecule has 0 atom stereocenters. The fourth-order valence-electron chi connectivity index (χ4n) is 2.85. The van der Waals surface area contributed by atoms with E-state index < -0.39 is 0 Å². The number of nitrogens with one attached hydrogen (secondary N) is 1. The van der Waals surface area contributed by atoms with Gasteiger partial charge in [-0.15, -0.1) is 0 Å². The predicted octanol–water partition coefficient (Wildman–Crippen LogP) is 1.51. The van der Waals surface area contributed by atoms with Crippen molar-refractivity contribution in [1.82, 2.24) is 15.4 Å². The van der Waals surface area contributed by atoms with Crippen LogP contribution in [-0.4, -0.2) is 41.6 Å². The molecule has 0 saturated carbocycles. The van der Waals surface area contributed by atoms with Crippen LogP contribution in [0.4, 0.5) is 4.39 Å². The molecule has 0 radical (unpaired) electrons. The molecule has 1 N–H and O–H groups in total. The predicted molar refractivity (Wildman–Crippen MR) is 90.0 cm³/mol. The average Bonchev–Trinajstić information content (AvgIpc) is 2.82. The van der Waals surface area contributed by atoms with Crippen molar-refractivity contribution >= 4 is 11.8 Å². The molecule has 0 fully saturated rings. The summed E-state index contributed by atoms with van der Waals surface area (Å²) >= 11 is 0. The zero-order valence-corrected chi connectivity index (χ0v) is 14.7. The molecule has 0 spiro atoms. The van der Waals surface area contributed by atoms with Crippen LogP contribution in [-0.2, 0) is 22.6 Å². The number of nitrogens with zero attached hydrogens (tertiary/aromatic N) is 2. The normalized spacial score (nSPS) is 13.8. The van der Waals surface area contributed by atoms with Crippen molar-refractivity contribution in [2.24, 2.45) is 0 Å². The number of ether oxygens (including phenoxy) is 1. The molecule has 1 aliphatic rings. The summed E-state index contributed by atoms with van der Waals surface area (Å²) in [6, 6.07) is 4.18. The fraction of sp³-hybridized carbons (Fsp3) is 0.389. The average molecular weight is 361 g/mol. The van der Waals surface area contributed by atoms with Crippen LogP contribution in [0.1, 0.15) is 22.6 Å². The Morgan fingerprint density at radius 3 is 2.92 bits per heavy atom. The number of rotatable bonds is 5. The smallest absolute Gasteiger partial charge is 0.260 e. The second kappa shape index (κ2) is 7.55. The number of amides is 2. The van der Waals surface area contributed by atoms with Crippen molar-refractivity contribution < 1.29 is 23.2 Å². The second-order valence-corrected chi connectivity index (χ2v) is 6.19. The number of aromatic nitrogens is 1. The van der Waals surface area contributed by atoms with E-state index >= 15 is 0 Å².